The van der Waals surface area contributed by atoms with Gasteiger partial charge in [-0.05, 0) is 65.2 Å². The fourth-order valence-electron chi connectivity index (χ4n) is 7.91. The van der Waals surface area contributed by atoms with Crippen molar-refractivity contribution in [2.75, 3.05) is 0 Å². The molecule has 7 aromatic carbocycles. The number of pyridine rings is 1. The normalized spacial score (nSPS) is 11.6. The quantitative estimate of drug-likeness (QED) is 0.171. The topological polar surface area (TPSA) is 65.0 Å². The fourth-order valence-corrected chi connectivity index (χ4v) is 7.91. The first-order valence-electron chi connectivity index (χ1n) is 18.7. The van der Waals surface area contributed by atoms with Crippen LogP contribution in [0, 0.1) is 0 Å². The van der Waals surface area contributed by atoms with Crippen LogP contribution in [-0.4, -0.2) is 15.0 Å². The van der Waals surface area contributed by atoms with Gasteiger partial charge in [-0.15, -0.1) is 0 Å². The Hall–Kier alpha value is -7.63. The number of hydrogen-bond donors (Lipinski definition) is 0. The predicted octanol–water partition coefficient (Wildman–Crippen LogP) is 13.7. The van der Waals surface area contributed by atoms with Gasteiger partial charge in [-0.3, -0.25) is 4.98 Å². The van der Waals surface area contributed by atoms with E-state index in [1.54, 1.807) is 0 Å². The molecular formula is C51H31N3O2. The summed E-state index contributed by atoms with van der Waals surface area (Å²) in [4.78, 5) is 15.0. The molecule has 0 saturated carbocycles. The molecule has 0 amide bonds. The van der Waals surface area contributed by atoms with Crippen molar-refractivity contribution < 1.29 is 8.83 Å². The third-order valence-electron chi connectivity index (χ3n) is 10.6. The average molecular weight is 718 g/mol. The van der Waals surface area contributed by atoms with Crippen LogP contribution >= 0.6 is 0 Å². The Morgan fingerprint density at radius 3 is 1.73 bits per heavy atom. The molecule has 0 fully saturated rings. The van der Waals surface area contributed by atoms with Crippen LogP contribution in [0.3, 0.4) is 0 Å². The van der Waals surface area contributed by atoms with Crippen molar-refractivity contribution in [1.29, 1.82) is 0 Å². The Balaban J connectivity index is 1.03. The van der Waals surface area contributed by atoms with Gasteiger partial charge in [0.05, 0.1) is 17.1 Å². The lowest BCUT2D eigenvalue weighted by Crippen LogP contribution is -1.98. The number of nitrogens with zero attached hydrogens (tertiary/aromatic N) is 3. The highest BCUT2D eigenvalue weighted by Crippen LogP contribution is 2.43. The molecule has 0 saturated heterocycles. The Morgan fingerprint density at radius 2 is 0.946 bits per heavy atom. The van der Waals surface area contributed by atoms with E-state index in [1.165, 1.54) is 0 Å². The van der Waals surface area contributed by atoms with E-state index in [4.69, 9.17) is 18.8 Å². The Morgan fingerprint density at radius 1 is 0.339 bits per heavy atom. The minimum atomic E-state index is 0.648. The molecule has 0 aliphatic carbocycles. The molecule has 0 bridgehead atoms. The van der Waals surface area contributed by atoms with Gasteiger partial charge in [0.15, 0.2) is 5.82 Å². The van der Waals surface area contributed by atoms with E-state index in [2.05, 4.69) is 108 Å². The smallest absolute Gasteiger partial charge is 0.161 e. The Bertz CT molecular complexity index is 3240. The maximum absolute atomic E-state index is 6.66. The van der Waals surface area contributed by atoms with Crippen molar-refractivity contribution >= 4 is 43.9 Å². The highest BCUT2D eigenvalue weighted by atomic mass is 16.3. The van der Waals surface area contributed by atoms with Crippen LogP contribution in [-0.2, 0) is 0 Å². The number of aromatic nitrogens is 3. The van der Waals surface area contributed by atoms with Crippen LogP contribution in [0.1, 0.15) is 0 Å². The van der Waals surface area contributed by atoms with Gasteiger partial charge in [0.25, 0.3) is 0 Å². The molecule has 0 unspecified atom stereocenters. The van der Waals surface area contributed by atoms with Gasteiger partial charge < -0.3 is 8.83 Å². The van der Waals surface area contributed by atoms with E-state index in [-0.39, 0.29) is 0 Å². The summed E-state index contributed by atoms with van der Waals surface area (Å²) in [5.74, 6) is 0.648. The largest absolute Gasteiger partial charge is 0.456 e. The van der Waals surface area contributed by atoms with Gasteiger partial charge in [0, 0.05) is 55.6 Å². The second-order valence-electron chi connectivity index (χ2n) is 13.9. The molecule has 4 aromatic heterocycles. The lowest BCUT2D eigenvalue weighted by molar-refractivity contribution is 0.668. The van der Waals surface area contributed by atoms with Gasteiger partial charge >= 0.3 is 0 Å². The highest BCUT2D eigenvalue weighted by Gasteiger charge is 2.19. The molecule has 262 valence electrons. The number of para-hydroxylation sites is 2. The monoisotopic (exact) mass is 717 g/mol. The van der Waals surface area contributed by atoms with Crippen LogP contribution in [0.5, 0.6) is 0 Å². The Kier molecular flexibility index (Phi) is 7.42. The maximum Gasteiger partial charge on any atom is 0.161 e. The molecule has 4 heterocycles. The van der Waals surface area contributed by atoms with Gasteiger partial charge in [0.2, 0.25) is 0 Å². The first-order valence-corrected chi connectivity index (χ1v) is 18.7. The van der Waals surface area contributed by atoms with Crippen molar-refractivity contribution in [2.45, 2.75) is 0 Å². The summed E-state index contributed by atoms with van der Waals surface area (Å²) < 4.78 is 12.9. The number of rotatable bonds is 6. The van der Waals surface area contributed by atoms with Crippen molar-refractivity contribution in [3.05, 3.63) is 188 Å². The van der Waals surface area contributed by atoms with E-state index in [1.807, 2.05) is 85.1 Å². The standard InChI is InChI=1S/C51H31N3O2/c1-2-12-33(13-3-1)44-31-45(54-51(53-44)41-16-5-4-14-38(41)43-18-10-11-29-52-43)34-23-21-32(22-24-34)36-27-28-37(50-49(36)42-17-7-9-20-47(42)56-50)35-25-26-40-39-15-6-8-19-46(39)55-48(40)30-35/h1-31H. The second-order valence-corrected chi connectivity index (χ2v) is 13.9. The summed E-state index contributed by atoms with van der Waals surface area (Å²) in [6.07, 6.45) is 1.81. The molecule has 0 aliphatic heterocycles. The zero-order valence-corrected chi connectivity index (χ0v) is 30.1. The molecule has 56 heavy (non-hydrogen) atoms. The molecule has 0 spiro atoms. The third-order valence-corrected chi connectivity index (χ3v) is 10.6. The molecule has 5 nitrogen and oxygen atoms in total. The third kappa shape index (κ3) is 5.37. The van der Waals surface area contributed by atoms with Crippen LogP contribution < -0.4 is 0 Å². The fraction of sp³-hybridized carbons (Fsp3) is 0. The summed E-state index contributed by atoms with van der Waals surface area (Å²) in [7, 11) is 0. The zero-order chi connectivity index (χ0) is 37.0. The van der Waals surface area contributed by atoms with E-state index in [0.717, 1.165) is 105 Å². The van der Waals surface area contributed by atoms with E-state index in [9.17, 15) is 0 Å². The lowest BCUT2D eigenvalue weighted by atomic mass is 9.93. The van der Waals surface area contributed by atoms with Crippen LogP contribution in [0.4, 0.5) is 0 Å². The summed E-state index contributed by atoms with van der Waals surface area (Å²) in [5.41, 5.74) is 14.2. The molecule has 0 N–H and O–H groups in total. The van der Waals surface area contributed by atoms with Crippen molar-refractivity contribution in [2.24, 2.45) is 0 Å². The molecule has 0 atom stereocenters. The molecule has 11 rings (SSSR count). The molecular weight excluding hydrogens is 687 g/mol. The van der Waals surface area contributed by atoms with E-state index >= 15 is 0 Å². The number of benzene rings is 7. The maximum atomic E-state index is 6.66. The van der Waals surface area contributed by atoms with Gasteiger partial charge in [-0.25, -0.2) is 9.97 Å². The highest BCUT2D eigenvalue weighted by molar-refractivity contribution is 6.17. The van der Waals surface area contributed by atoms with Gasteiger partial charge in [-0.2, -0.15) is 0 Å². The lowest BCUT2D eigenvalue weighted by Gasteiger charge is -2.13. The minimum absolute atomic E-state index is 0.648. The summed E-state index contributed by atoms with van der Waals surface area (Å²) >= 11 is 0. The first-order chi connectivity index (χ1) is 27.7. The number of fused-ring (bicyclic) bond motifs is 6. The van der Waals surface area contributed by atoms with Gasteiger partial charge in [-0.1, -0.05) is 133 Å². The van der Waals surface area contributed by atoms with Crippen LogP contribution in [0.15, 0.2) is 197 Å². The zero-order valence-electron chi connectivity index (χ0n) is 30.1. The molecule has 0 aliphatic rings. The summed E-state index contributed by atoms with van der Waals surface area (Å²) in [6, 6.07) is 62.4. The van der Waals surface area contributed by atoms with E-state index in [0.29, 0.717) is 5.82 Å². The number of furan rings is 2. The molecule has 0 radical (unpaired) electrons. The first kappa shape index (κ1) is 31.9. The van der Waals surface area contributed by atoms with Crippen LogP contribution in [0.2, 0.25) is 0 Å². The minimum Gasteiger partial charge on any atom is -0.456 e. The predicted molar refractivity (Wildman–Crippen MR) is 227 cm³/mol. The van der Waals surface area contributed by atoms with Crippen LogP contribution in [0.25, 0.3) is 111 Å². The summed E-state index contributed by atoms with van der Waals surface area (Å²) in [6.45, 7) is 0. The van der Waals surface area contributed by atoms with Crippen molar-refractivity contribution in [3.8, 4) is 67.4 Å². The second kappa shape index (κ2) is 13.0. The Labute approximate surface area is 322 Å². The summed E-state index contributed by atoms with van der Waals surface area (Å²) in [5, 5.41) is 4.38. The van der Waals surface area contributed by atoms with Gasteiger partial charge in [0.1, 0.15) is 22.3 Å². The molecule has 5 heteroatoms. The van der Waals surface area contributed by atoms with Crippen molar-refractivity contribution in [3.63, 3.8) is 0 Å². The van der Waals surface area contributed by atoms with Crippen molar-refractivity contribution in [1.82, 2.24) is 15.0 Å². The average Bonchev–Trinajstić information content (AvgIpc) is 3.85. The van der Waals surface area contributed by atoms with E-state index < -0.39 is 0 Å². The number of hydrogen-bond acceptors (Lipinski definition) is 5. The molecule has 11 aromatic rings. The SMILES string of the molecule is c1ccc(-c2cc(-c3ccc(-c4ccc(-c5ccc6c(c5)oc5ccccc56)c5oc6ccccc6c45)cc3)nc(-c3ccccc3-c3ccccn3)n2)cc1.